The molecule has 0 aliphatic rings. The normalized spacial score (nSPS) is 12.1. The first-order chi connectivity index (χ1) is 26.8. The van der Waals surface area contributed by atoms with Gasteiger partial charge in [0.2, 0.25) is 0 Å². The molecular formula is C52H36O2. The third-order valence-corrected chi connectivity index (χ3v) is 11.4. The Balaban J connectivity index is 0.00000141. The summed E-state index contributed by atoms with van der Waals surface area (Å²) in [5.41, 5.74) is 10.6. The zero-order valence-corrected chi connectivity index (χ0v) is 29.1. The number of benzene rings is 10. The standard InChI is InChI=1S/C52H30O2.3H2/c1-3-16-36-31(11-1)13-10-22-37(36)33-14-9-15-34(29-33)48-39-18-5-7-20-41(39)49(42-21-8-6-19-40(42)48)35-24-27-46-45(30-35)43-25-26-44-50-38-17-4-2-12-32(38)23-28-47(50)54-52(44)51(43)53-46;;;/h1-30H;3*1H. The topological polar surface area (TPSA) is 26.3 Å². The van der Waals surface area contributed by atoms with E-state index in [-0.39, 0.29) is 4.28 Å². The smallest absolute Gasteiger partial charge is 0.178 e. The average Bonchev–Trinajstić information content (AvgIpc) is 3.81. The second-order valence-corrected chi connectivity index (χ2v) is 14.3. The number of hydrogen-bond acceptors (Lipinski definition) is 2. The highest BCUT2D eigenvalue weighted by Gasteiger charge is 2.21. The minimum atomic E-state index is 0. The van der Waals surface area contributed by atoms with Crippen LogP contribution in [-0.4, -0.2) is 0 Å². The van der Waals surface area contributed by atoms with E-state index in [2.05, 4.69) is 182 Å². The van der Waals surface area contributed by atoms with Crippen LogP contribution in [0.4, 0.5) is 0 Å². The minimum absolute atomic E-state index is 0. The van der Waals surface area contributed by atoms with Gasteiger partial charge in [0.05, 0.1) is 0 Å². The summed E-state index contributed by atoms with van der Waals surface area (Å²) < 4.78 is 13.2. The van der Waals surface area contributed by atoms with E-state index in [1.54, 1.807) is 0 Å². The van der Waals surface area contributed by atoms with E-state index in [1.165, 1.54) is 70.9 Å². The Hall–Kier alpha value is -7.16. The summed E-state index contributed by atoms with van der Waals surface area (Å²) in [7, 11) is 0. The van der Waals surface area contributed by atoms with E-state index in [1.807, 2.05) is 0 Å². The van der Waals surface area contributed by atoms with E-state index in [0.717, 1.165) is 49.4 Å². The maximum absolute atomic E-state index is 6.63. The molecule has 12 rings (SSSR count). The van der Waals surface area contributed by atoms with Crippen LogP contribution in [0, 0.1) is 0 Å². The molecule has 0 aliphatic heterocycles. The summed E-state index contributed by atoms with van der Waals surface area (Å²) in [6.45, 7) is 0. The number of rotatable bonds is 3. The van der Waals surface area contributed by atoms with E-state index >= 15 is 0 Å². The van der Waals surface area contributed by atoms with Crippen molar-refractivity contribution in [1.82, 2.24) is 0 Å². The Bertz CT molecular complexity index is 3460. The van der Waals surface area contributed by atoms with Crippen molar-refractivity contribution in [1.29, 1.82) is 0 Å². The number of hydrogen-bond donors (Lipinski definition) is 0. The quantitative estimate of drug-likeness (QED) is 0.172. The van der Waals surface area contributed by atoms with Gasteiger partial charge in [0.15, 0.2) is 11.2 Å². The lowest BCUT2D eigenvalue weighted by atomic mass is 9.85. The first-order valence-electron chi connectivity index (χ1n) is 18.5. The summed E-state index contributed by atoms with van der Waals surface area (Å²) in [4.78, 5) is 0. The molecule has 0 atom stereocenters. The van der Waals surface area contributed by atoms with Crippen molar-refractivity contribution in [3.8, 4) is 33.4 Å². The van der Waals surface area contributed by atoms with Crippen molar-refractivity contribution in [2.24, 2.45) is 0 Å². The van der Waals surface area contributed by atoms with E-state index in [4.69, 9.17) is 8.83 Å². The zero-order chi connectivity index (χ0) is 35.3. The van der Waals surface area contributed by atoms with Crippen LogP contribution in [0.5, 0.6) is 0 Å². The van der Waals surface area contributed by atoms with Gasteiger partial charge in [-0.1, -0.05) is 146 Å². The first-order valence-corrected chi connectivity index (χ1v) is 18.5. The molecule has 0 radical (unpaired) electrons. The van der Waals surface area contributed by atoms with Crippen molar-refractivity contribution in [2.75, 3.05) is 0 Å². The lowest BCUT2D eigenvalue weighted by molar-refractivity contribution is 0.633. The van der Waals surface area contributed by atoms with Crippen molar-refractivity contribution in [3.05, 3.63) is 182 Å². The highest BCUT2D eigenvalue weighted by atomic mass is 16.4. The molecule has 2 heterocycles. The maximum Gasteiger partial charge on any atom is 0.178 e. The van der Waals surface area contributed by atoms with Gasteiger partial charge in [0.25, 0.3) is 0 Å². The summed E-state index contributed by atoms with van der Waals surface area (Å²) in [5, 5.41) is 14.1. The highest BCUT2D eigenvalue weighted by Crippen LogP contribution is 2.47. The number of fused-ring (bicyclic) bond motifs is 12. The molecule has 0 amide bonds. The van der Waals surface area contributed by atoms with Crippen LogP contribution in [0.2, 0.25) is 0 Å². The molecule has 0 unspecified atom stereocenters. The SMILES string of the molecule is [HH].[HH].[HH].c1cc(-c2cccc3ccccc23)cc(-c2c3ccccc3c(-c3ccc4oc5c(ccc6c5oc5ccc7ccccc7c56)c4c3)c3ccccc23)c1. The van der Waals surface area contributed by atoms with Gasteiger partial charge < -0.3 is 8.83 Å². The molecular weight excluding hydrogens is 657 g/mol. The Morgan fingerprint density at radius 3 is 1.56 bits per heavy atom. The first kappa shape index (κ1) is 29.4. The molecule has 0 N–H and O–H groups in total. The molecule has 0 spiro atoms. The van der Waals surface area contributed by atoms with Gasteiger partial charge in [-0.2, -0.15) is 0 Å². The van der Waals surface area contributed by atoms with E-state index in [0.29, 0.717) is 0 Å². The summed E-state index contributed by atoms with van der Waals surface area (Å²) in [6, 6.07) is 65.7. The number of furan rings is 2. The molecule has 2 heteroatoms. The fourth-order valence-corrected chi connectivity index (χ4v) is 9.06. The largest absolute Gasteiger partial charge is 0.452 e. The van der Waals surface area contributed by atoms with Crippen LogP contribution in [0.3, 0.4) is 0 Å². The third kappa shape index (κ3) is 4.17. The van der Waals surface area contributed by atoms with Crippen LogP contribution in [0.25, 0.3) is 120 Å². The fraction of sp³-hybridized carbons (Fsp3) is 0. The molecule has 0 fully saturated rings. The van der Waals surface area contributed by atoms with Gasteiger partial charge in [0.1, 0.15) is 11.2 Å². The van der Waals surface area contributed by atoms with Gasteiger partial charge in [-0.3, -0.25) is 0 Å². The van der Waals surface area contributed by atoms with Crippen LogP contribution in [0.15, 0.2) is 191 Å². The van der Waals surface area contributed by atoms with Gasteiger partial charge >= 0.3 is 0 Å². The molecule has 2 aromatic heterocycles. The van der Waals surface area contributed by atoms with Gasteiger partial charge in [-0.05, 0) is 113 Å². The predicted molar refractivity (Wildman–Crippen MR) is 234 cm³/mol. The molecule has 54 heavy (non-hydrogen) atoms. The Labute approximate surface area is 314 Å². The highest BCUT2D eigenvalue weighted by molar-refractivity contribution is 6.26. The van der Waals surface area contributed by atoms with Crippen LogP contribution in [-0.2, 0) is 0 Å². The Morgan fingerprint density at radius 1 is 0.296 bits per heavy atom. The molecule has 0 saturated heterocycles. The Morgan fingerprint density at radius 2 is 0.815 bits per heavy atom. The van der Waals surface area contributed by atoms with E-state index in [9.17, 15) is 0 Å². The predicted octanol–water partition coefficient (Wildman–Crippen LogP) is 15.8. The van der Waals surface area contributed by atoms with Gasteiger partial charge in [-0.25, -0.2) is 0 Å². The molecule has 12 aromatic rings. The molecule has 10 aromatic carbocycles. The van der Waals surface area contributed by atoms with Crippen LogP contribution < -0.4 is 0 Å². The molecule has 0 bridgehead atoms. The monoisotopic (exact) mass is 692 g/mol. The molecule has 0 saturated carbocycles. The minimum Gasteiger partial charge on any atom is -0.452 e. The summed E-state index contributed by atoms with van der Waals surface area (Å²) in [5.74, 6) is 0. The van der Waals surface area contributed by atoms with Crippen molar-refractivity contribution < 1.29 is 13.1 Å². The summed E-state index contributed by atoms with van der Waals surface area (Å²) >= 11 is 0. The average molecular weight is 693 g/mol. The third-order valence-electron chi connectivity index (χ3n) is 11.4. The lowest BCUT2D eigenvalue weighted by Gasteiger charge is -2.18. The summed E-state index contributed by atoms with van der Waals surface area (Å²) in [6.07, 6.45) is 0. The zero-order valence-electron chi connectivity index (χ0n) is 29.1. The lowest BCUT2D eigenvalue weighted by Crippen LogP contribution is -1.91. The second-order valence-electron chi connectivity index (χ2n) is 14.3. The molecule has 256 valence electrons. The van der Waals surface area contributed by atoms with Crippen LogP contribution >= 0.6 is 0 Å². The molecule has 0 aliphatic carbocycles. The second kappa shape index (κ2) is 11.2. The van der Waals surface area contributed by atoms with Crippen molar-refractivity contribution in [3.63, 3.8) is 0 Å². The van der Waals surface area contributed by atoms with Gasteiger partial charge in [0, 0.05) is 25.8 Å². The van der Waals surface area contributed by atoms with Crippen molar-refractivity contribution in [2.45, 2.75) is 0 Å². The Kier molecular flexibility index (Phi) is 6.09. The fourth-order valence-electron chi connectivity index (χ4n) is 9.06. The van der Waals surface area contributed by atoms with E-state index < -0.39 is 0 Å². The van der Waals surface area contributed by atoms with Gasteiger partial charge in [-0.15, -0.1) is 0 Å². The molecule has 2 nitrogen and oxygen atoms in total. The van der Waals surface area contributed by atoms with Crippen molar-refractivity contribution >= 4 is 87.0 Å². The van der Waals surface area contributed by atoms with Crippen LogP contribution in [0.1, 0.15) is 4.28 Å². The maximum atomic E-state index is 6.63.